The van der Waals surface area contributed by atoms with Crippen molar-refractivity contribution in [3.8, 4) is 5.75 Å². The van der Waals surface area contributed by atoms with Crippen LogP contribution < -0.4 is 4.74 Å². The van der Waals surface area contributed by atoms with E-state index in [0.29, 0.717) is 12.3 Å². The van der Waals surface area contributed by atoms with Gasteiger partial charge >= 0.3 is 0 Å². The first-order valence-electron chi connectivity index (χ1n) is 9.83. The number of likely N-dealkylation sites (tertiary alicyclic amines) is 2. The maximum atomic E-state index is 12.7. The van der Waals surface area contributed by atoms with Crippen molar-refractivity contribution >= 4 is 5.91 Å². The first kappa shape index (κ1) is 20.1. The van der Waals surface area contributed by atoms with E-state index >= 15 is 0 Å². The lowest BCUT2D eigenvalue weighted by Crippen LogP contribution is -2.47. The number of carbonyl (C=O) groups is 1. The summed E-state index contributed by atoms with van der Waals surface area (Å²) in [7, 11) is 3.37. The van der Waals surface area contributed by atoms with Crippen molar-refractivity contribution in [2.45, 2.75) is 19.3 Å². The van der Waals surface area contributed by atoms with E-state index in [2.05, 4.69) is 4.90 Å². The Balaban J connectivity index is 1.54. The highest BCUT2D eigenvalue weighted by Gasteiger charge is 2.47. The lowest BCUT2D eigenvalue weighted by molar-refractivity contribution is -0.133. The molecule has 1 amide bonds. The van der Waals surface area contributed by atoms with Crippen molar-refractivity contribution in [3.63, 3.8) is 0 Å². The normalized spacial score (nSPS) is 22.3. The van der Waals surface area contributed by atoms with Crippen LogP contribution in [-0.2, 0) is 16.0 Å². The highest BCUT2D eigenvalue weighted by molar-refractivity contribution is 5.79. The molecule has 1 atom stereocenters. The van der Waals surface area contributed by atoms with Crippen LogP contribution in [0.4, 0.5) is 0 Å². The van der Waals surface area contributed by atoms with Gasteiger partial charge in [-0.3, -0.25) is 4.79 Å². The van der Waals surface area contributed by atoms with Gasteiger partial charge in [0.2, 0.25) is 5.91 Å². The van der Waals surface area contributed by atoms with Crippen molar-refractivity contribution in [2.24, 2.45) is 11.3 Å². The molecule has 1 unspecified atom stereocenters. The zero-order valence-electron chi connectivity index (χ0n) is 16.5. The van der Waals surface area contributed by atoms with Gasteiger partial charge in [0.05, 0.1) is 20.1 Å². The number of hydrogen-bond donors (Lipinski definition) is 1. The number of aliphatic hydroxyl groups is 1. The Morgan fingerprint density at radius 3 is 2.52 bits per heavy atom. The molecule has 27 heavy (non-hydrogen) atoms. The molecule has 2 aliphatic rings. The summed E-state index contributed by atoms with van der Waals surface area (Å²) in [6.07, 6.45) is 2.37. The van der Waals surface area contributed by atoms with Crippen molar-refractivity contribution in [2.75, 3.05) is 60.2 Å². The molecule has 3 rings (SSSR count). The van der Waals surface area contributed by atoms with E-state index in [1.54, 1.807) is 14.2 Å². The summed E-state index contributed by atoms with van der Waals surface area (Å²) >= 11 is 0. The fraction of sp³-hybridized carbons (Fsp3) is 0.667. The number of hydrogen-bond acceptors (Lipinski definition) is 5. The lowest BCUT2D eigenvalue weighted by atomic mass is 9.71. The Kier molecular flexibility index (Phi) is 6.73. The second-order valence-corrected chi connectivity index (χ2v) is 7.88. The van der Waals surface area contributed by atoms with Gasteiger partial charge in [0.25, 0.3) is 0 Å². The van der Waals surface area contributed by atoms with E-state index in [9.17, 15) is 9.90 Å². The maximum Gasteiger partial charge on any atom is 0.226 e. The van der Waals surface area contributed by atoms with Gasteiger partial charge in [0, 0.05) is 52.4 Å². The zero-order valence-corrected chi connectivity index (χ0v) is 16.5. The van der Waals surface area contributed by atoms with Gasteiger partial charge in [-0.25, -0.2) is 0 Å². The van der Waals surface area contributed by atoms with Crippen LogP contribution in [0, 0.1) is 11.3 Å². The molecule has 2 saturated heterocycles. The van der Waals surface area contributed by atoms with E-state index < -0.39 is 0 Å². The summed E-state index contributed by atoms with van der Waals surface area (Å²) in [6, 6.07) is 7.70. The van der Waals surface area contributed by atoms with Crippen molar-refractivity contribution < 1.29 is 19.4 Å². The first-order valence-corrected chi connectivity index (χ1v) is 9.83. The molecule has 0 bridgehead atoms. The molecule has 1 aromatic carbocycles. The van der Waals surface area contributed by atoms with Crippen molar-refractivity contribution in [1.29, 1.82) is 0 Å². The monoisotopic (exact) mass is 376 g/mol. The second-order valence-electron chi connectivity index (χ2n) is 7.88. The summed E-state index contributed by atoms with van der Waals surface area (Å²) in [4.78, 5) is 17.1. The molecule has 2 heterocycles. The third-order valence-corrected chi connectivity index (χ3v) is 6.34. The van der Waals surface area contributed by atoms with Crippen LogP contribution in [0.15, 0.2) is 24.3 Å². The third kappa shape index (κ3) is 4.62. The molecule has 1 aromatic rings. The fourth-order valence-corrected chi connectivity index (χ4v) is 4.58. The standard InChI is InChI=1S/C21H32N2O4/c1-26-12-11-22-14-18(15-24)21(16-22)7-9-23(10-8-21)20(25)13-17-3-5-19(27-2)6-4-17/h3-6,18,24H,7-16H2,1-2H3. The molecule has 0 saturated carbocycles. The molecule has 6 heteroatoms. The highest BCUT2D eigenvalue weighted by Crippen LogP contribution is 2.44. The number of nitrogens with zero attached hydrogens (tertiary/aromatic N) is 2. The lowest BCUT2D eigenvalue weighted by Gasteiger charge is -2.42. The number of rotatable bonds is 7. The topological polar surface area (TPSA) is 62.2 Å². The van der Waals surface area contributed by atoms with Gasteiger partial charge in [-0.15, -0.1) is 0 Å². The Hall–Kier alpha value is -1.63. The van der Waals surface area contributed by atoms with Crippen LogP contribution >= 0.6 is 0 Å². The number of amides is 1. The average molecular weight is 376 g/mol. The predicted octanol–water partition coefficient (Wildman–Crippen LogP) is 1.42. The number of aliphatic hydroxyl groups excluding tert-OH is 1. The van der Waals surface area contributed by atoms with Gasteiger partial charge in [-0.05, 0) is 36.0 Å². The van der Waals surface area contributed by atoms with Crippen LogP contribution in [0.3, 0.4) is 0 Å². The Bertz CT molecular complexity index is 611. The molecule has 1 N–H and O–H groups in total. The molecular weight excluding hydrogens is 344 g/mol. The van der Waals surface area contributed by atoms with Crippen molar-refractivity contribution in [3.05, 3.63) is 29.8 Å². The maximum absolute atomic E-state index is 12.7. The first-order chi connectivity index (χ1) is 13.1. The third-order valence-electron chi connectivity index (χ3n) is 6.34. The zero-order chi connectivity index (χ0) is 19.3. The number of piperidine rings is 1. The van der Waals surface area contributed by atoms with Crippen LogP contribution in [0.5, 0.6) is 5.75 Å². The minimum absolute atomic E-state index is 0.138. The molecule has 2 aliphatic heterocycles. The summed E-state index contributed by atoms with van der Waals surface area (Å²) in [6.45, 7) is 5.35. The smallest absolute Gasteiger partial charge is 0.226 e. The van der Waals surface area contributed by atoms with E-state index in [0.717, 1.165) is 63.5 Å². The largest absolute Gasteiger partial charge is 0.497 e. The Labute approximate surface area is 162 Å². The van der Waals surface area contributed by atoms with Crippen LogP contribution in [-0.4, -0.2) is 81.0 Å². The minimum atomic E-state index is 0.138. The van der Waals surface area contributed by atoms with E-state index in [4.69, 9.17) is 9.47 Å². The molecule has 0 aromatic heterocycles. The molecule has 6 nitrogen and oxygen atoms in total. The van der Waals surface area contributed by atoms with Crippen molar-refractivity contribution in [1.82, 2.24) is 9.80 Å². The highest BCUT2D eigenvalue weighted by atomic mass is 16.5. The van der Waals surface area contributed by atoms with Crippen LogP contribution in [0.2, 0.25) is 0 Å². The quantitative estimate of drug-likeness (QED) is 0.780. The molecule has 0 radical (unpaired) electrons. The SMILES string of the molecule is COCCN1CC(CO)C2(CCN(C(=O)Cc3ccc(OC)cc3)CC2)C1. The summed E-state index contributed by atoms with van der Waals surface area (Å²) in [5, 5.41) is 9.89. The molecule has 1 spiro atoms. The predicted molar refractivity (Wildman–Crippen MR) is 104 cm³/mol. The second kappa shape index (κ2) is 9.04. The van der Waals surface area contributed by atoms with Gasteiger partial charge in [-0.1, -0.05) is 12.1 Å². The van der Waals surface area contributed by atoms with Gasteiger partial charge in [-0.2, -0.15) is 0 Å². The summed E-state index contributed by atoms with van der Waals surface area (Å²) in [5.74, 6) is 1.29. The number of ether oxygens (including phenoxy) is 2. The van der Waals surface area contributed by atoms with E-state index in [1.807, 2.05) is 29.2 Å². The number of methoxy groups -OCH3 is 2. The van der Waals surface area contributed by atoms with Crippen LogP contribution in [0.25, 0.3) is 0 Å². The van der Waals surface area contributed by atoms with Gasteiger partial charge in [0.1, 0.15) is 5.75 Å². The Morgan fingerprint density at radius 1 is 1.22 bits per heavy atom. The number of benzene rings is 1. The summed E-state index contributed by atoms with van der Waals surface area (Å²) in [5.41, 5.74) is 1.15. The fourth-order valence-electron chi connectivity index (χ4n) is 4.58. The molecule has 150 valence electrons. The average Bonchev–Trinajstić information content (AvgIpc) is 3.04. The summed E-state index contributed by atoms with van der Waals surface area (Å²) < 4.78 is 10.4. The van der Waals surface area contributed by atoms with Gasteiger partial charge in [0.15, 0.2) is 0 Å². The molecule has 0 aliphatic carbocycles. The minimum Gasteiger partial charge on any atom is -0.497 e. The van der Waals surface area contributed by atoms with E-state index in [1.165, 1.54) is 0 Å². The molecule has 2 fully saturated rings. The van der Waals surface area contributed by atoms with Crippen LogP contribution in [0.1, 0.15) is 18.4 Å². The van der Waals surface area contributed by atoms with E-state index in [-0.39, 0.29) is 17.9 Å². The molecular formula is C21H32N2O4. The number of carbonyl (C=O) groups excluding carboxylic acids is 1. The van der Waals surface area contributed by atoms with Gasteiger partial charge < -0.3 is 24.4 Å². The Morgan fingerprint density at radius 2 is 1.93 bits per heavy atom.